The van der Waals surface area contributed by atoms with E-state index in [1.54, 1.807) is 0 Å². The van der Waals surface area contributed by atoms with Gasteiger partial charge in [-0.2, -0.15) is 0 Å². The molecule has 1 saturated heterocycles. The number of amides is 3. The van der Waals surface area contributed by atoms with Crippen molar-refractivity contribution < 1.29 is 9.59 Å². The molecule has 0 radical (unpaired) electrons. The van der Waals surface area contributed by atoms with E-state index >= 15 is 0 Å². The molecule has 4 nitrogen and oxygen atoms in total. The van der Waals surface area contributed by atoms with Gasteiger partial charge < -0.3 is 5.32 Å². The lowest BCUT2D eigenvalue weighted by atomic mass is 9.69. The highest BCUT2D eigenvalue weighted by molar-refractivity contribution is 6.18. The third kappa shape index (κ3) is 2.43. The third-order valence-corrected chi connectivity index (χ3v) is 4.93. The second-order valence-corrected chi connectivity index (χ2v) is 6.60. The minimum Gasteiger partial charge on any atom is -0.336 e. The predicted molar refractivity (Wildman–Crippen MR) is 82.1 cm³/mol. The zero-order valence-electron chi connectivity index (χ0n) is 12.7. The van der Waals surface area contributed by atoms with Crippen LogP contribution in [0.1, 0.15) is 38.2 Å². The second kappa shape index (κ2) is 5.17. The quantitative estimate of drug-likeness (QED) is 0.861. The molecule has 3 rings (SSSR count). The van der Waals surface area contributed by atoms with Crippen molar-refractivity contribution in [2.24, 2.45) is 11.3 Å². The average molecular weight is 286 g/mol. The molecule has 1 aliphatic heterocycles. The Kier molecular flexibility index (Phi) is 3.47. The largest absolute Gasteiger partial charge is 0.336 e. The van der Waals surface area contributed by atoms with E-state index in [1.807, 2.05) is 31.2 Å². The highest BCUT2D eigenvalue weighted by Gasteiger charge is 2.48. The van der Waals surface area contributed by atoms with Crippen LogP contribution in [0.4, 0.5) is 10.5 Å². The maximum atomic E-state index is 13.0. The fraction of sp³-hybridized carbons (Fsp3) is 0.529. The van der Waals surface area contributed by atoms with Crippen LogP contribution in [-0.4, -0.2) is 18.5 Å². The maximum Gasteiger partial charge on any atom is 0.328 e. The molecule has 1 aromatic rings. The van der Waals surface area contributed by atoms with Crippen LogP contribution < -0.4 is 10.2 Å². The Balaban J connectivity index is 1.93. The van der Waals surface area contributed by atoms with Crippen molar-refractivity contribution in [1.82, 2.24) is 5.32 Å². The summed E-state index contributed by atoms with van der Waals surface area (Å²) in [5, 5.41) is 2.92. The highest BCUT2D eigenvalue weighted by Crippen LogP contribution is 2.42. The topological polar surface area (TPSA) is 49.4 Å². The van der Waals surface area contributed by atoms with Gasteiger partial charge in [-0.25, -0.2) is 9.69 Å². The Bertz CT molecular complexity index is 574. The summed E-state index contributed by atoms with van der Waals surface area (Å²) < 4.78 is 0. The van der Waals surface area contributed by atoms with Crippen molar-refractivity contribution in [3.8, 4) is 0 Å². The van der Waals surface area contributed by atoms with Gasteiger partial charge >= 0.3 is 6.03 Å². The number of nitrogens with one attached hydrogen (secondary N) is 1. The maximum absolute atomic E-state index is 13.0. The summed E-state index contributed by atoms with van der Waals surface area (Å²) in [6.45, 7) is 4.69. The Hall–Kier alpha value is -1.84. The van der Waals surface area contributed by atoms with Crippen LogP contribution in [-0.2, 0) is 4.79 Å². The van der Waals surface area contributed by atoms with Crippen LogP contribution >= 0.6 is 0 Å². The lowest BCUT2D eigenvalue weighted by Gasteiger charge is -2.44. The fourth-order valence-corrected chi connectivity index (χ4v) is 3.44. The number of carbonyl (C=O) groups is 2. The monoisotopic (exact) mass is 286 g/mol. The van der Waals surface area contributed by atoms with Crippen molar-refractivity contribution in [2.75, 3.05) is 11.4 Å². The van der Waals surface area contributed by atoms with Crippen LogP contribution in [0, 0.1) is 18.3 Å². The molecule has 0 bridgehead atoms. The number of urea groups is 1. The SMILES string of the molecule is Cc1cccc(N2C(=O)NCC3(CCC(C)CC3)C2=O)c1. The van der Waals surface area contributed by atoms with Crippen molar-refractivity contribution in [3.63, 3.8) is 0 Å². The first-order valence-corrected chi connectivity index (χ1v) is 7.71. The number of imide groups is 1. The van der Waals surface area contributed by atoms with Gasteiger partial charge in [0.05, 0.1) is 11.1 Å². The van der Waals surface area contributed by atoms with Crippen LogP contribution in [0.5, 0.6) is 0 Å². The Morgan fingerprint density at radius 3 is 2.62 bits per heavy atom. The summed E-state index contributed by atoms with van der Waals surface area (Å²) in [6, 6.07) is 7.27. The van der Waals surface area contributed by atoms with E-state index in [0.29, 0.717) is 18.2 Å². The first-order valence-electron chi connectivity index (χ1n) is 7.71. The molecule has 2 aliphatic rings. The van der Waals surface area contributed by atoms with Gasteiger partial charge in [0.2, 0.25) is 5.91 Å². The van der Waals surface area contributed by atoms with Gasteiger partial charge in [-0.1, -0.05) is 19.1 Å². The minimum absolute atomic E-state index is 0.0243. The molecule has 1 spiro atoms. The van der Waals surface area contributed by atoms with Crippen molar-refractivity contribution in [2.45, 2.75) is 39.5 Å². The molecule has 2 fully saturated rings. The van der Waals surface area contributed by atoms with Gasteiger partial charge in [0.25, 0.3) is 0 Å². The van der Waals surface area contributed by atoms with Crippen LogP contribution in [0.3, 0.4) is 0 Å². The van der Waals surface area contributed by atoms with Gasteiger partial charge in [0.1, 0.15) is 0 Å². The molecule has 1 heterocycles. The van der Waals surface area contributed by atoms with Gasteiger partial charge in [0, 0.05) is 6.54 Å². The zero-order valence-corrected chi connectivity index (χ0v) is 12.7. The summed E-state index contributed by atoms with van der Waals surface area (Å²) >= 11 is 0. The number of rotatable bonds is 1. The van der Waals surface area contributed by atoms with Gasteiger partial charge in [-0.15, -0.1) is 0 Å². The molecule has 112 valence electrons. The average Bonchev–Trinajstić information content (AvgIpc) is 2.46. The lowest BCUT2D eigenvalue weighted by Crippen LogP contribution is -2.61. The number of aryl methyl sites for hydroxylation is 1. The van der Waals surface area contributed by atoms with E-state index in [2.05, 4.69) is 12.2 Å². The van der Waals surface area contributed by atoms with Gasteiger partial charge in [-0.3, -0.25) is 4.79 Å². The molecular weight excluding hydrogens is 264 g/mol. The van der Waals surface area contributed by atoms with E-state index in [0.717, 1.165) is 31.2 Å². The molecule has 0 atom stereocenters. The van der Waals surface area contributed by atoms with E-state index in [9.17, 15) is 9.59 Å². The molecule has 1 aromatic carbocycles. The minimum atomic E-state index is -0.399. The zero-order chi connectivity index (χ0) is 15.0. The van der Waals surface area contributed by atoms with E-state index in [4.69, 9.17) is 0 Å². The number of anilines is 1. The summed E-state index contributed by atoms with van der Waals surface area (Å²) in [5.41, 5.74) is 1.32. The first-order chi connectivity index (χ1) is 10.0. The second-order valence-electron chi connectivity index (χ2n) is 6.60. The Labute approximate surface area is 125 Å². The molecule has 0 aromatic heterocycles. The molecule has 1 N–H and O–H groups in total. The number of nitrogens with zero attached hydrogens (tertiary/aromatic N) is 1. The standard InChI is InChI=1S/C17H22N2O2/c1-12-6-8-17(9-7-12)11-18-16(21)19(15(17)20)14-5-3-4-13(2)10-14/h3-5,10,12H,6-9,11H2,1-2H3,(H,18,21). The van der Waals surface area contributed by atoms with Crippen LogP contribution in [0.25, 0.3) is 0 Å². The predicted octanol–water partition coefficient (Wildman–Crippen LogP) is 3.25. The molecule has 3 amide bonds. The lowest BCUT2D eigenvalue weighted by molar-refractivity contribution is -0.130. The summed E-state index contributed by atoms with van der Waals surface area (Å²) in [5.74, 6) is 0.650. The fourth-order valence-electron chi connectivity index (χ4n) is 3.44. The smallest absolute Gasteiger partial charge is 0.328 e. The van der Waals surface area contributed by atoms with Crippen molar-refractivity contribution in [1.29, 1.82) is 0 Å². The Morgan fingerprint density at radius 2 is 1.95 bits per heavy atom. The summed E-state index contributed by atoms with van der Waals surface area (Å²) in [6.07, 6.45) is 3.86. The molecule has 1 saturated carbocycles. The summed E-state index contributed by atoms with van der Waals surface area (Å²) in [4.78, 5) is 26.5. The molecular formula is C17H22N2O2. The van der Waals surface area contributed by atoms with Crippen molar-refractivity contribution >= 4 is 17.6 Å². The number of hydrogen-bond acceptors (Lipinski definition) is 2. The number of benzene rings is 1. The van der Waals surface area contributed by atoms with Crippen LogP contribution in [0.2, 0.25) is 0 Å². The Morgan fingerprint density at radius 1 is 1.24 bits per heavy atom. The molecule has 1 aliphatic carbocycles. The number of hydrogen-bond donors (Lipinski definition) is 1. The molecule has 0 unspecified atom stereocenters. The van der Waals surface area contributed by atoms with Gasteiger partial charge in [-0.05, 0) is 56.2 Å². The van der Waals surface area contributed by atoms with E-state index < -0.39 is 5.41 Å². The number of carbonyl (C=O) groups excluding carboxylic acids is 2. The third-order valence-electron chi connectivity index (χ3n) is 4.93. The normalized spacial score (nSPS) is 29.6. The highest BCUT2D eigenvalue weighted by atomic mass is 16.2. The van der Waals surface area contributed by atoms with Crippen LogP contribution in [0.15, 0.2) is 24.3 Å². The van der Waals surface area contributed by atoms with Gasteiger partial charge in [0.15, 0.2) is 0 Å². The van der Waals surface area contributed by atoms with E-state index in [-0.39, 0.29) is 11.9 Å². The van der Waals surface area contributed by atoms with E-state index in [1.165, 1.54) is 4.90 Å². The molecule has 4 heteroatoms. The first kappa shape index (κ1) is 14.1. The van der Waals surface area contributed by atoms with Crippen molar-refractivity contribution in [3.05, 3.63) is 29.8 Å². The summed E-state index contributed by atoms with van der Waals surface area (Å²) in [7, 11) is 0. The molecule has 21 heavy (non-hydrogen) atoms.